The zero-order chi connectivity index (χ0) is 17.0. The van der Waals surface area contributed by atoms with Crippen LogP contribution in [0, 0.1) is 5.41 Å². The lowest BCUT2D eigenvalue weighted by Crippen LogP contribution is -2.32. The molecule has 3 rings (SSSR count). The summed E-state index contributed by atoms with van der Waals surface area (Å²) in [4.78, 5) is 31.3. The Hall–Kier alpha value is -2.29. The normalized spacial score (nSPS) is 15.7. The number of nitrogens with zero attached hydrogens (tertiary/aromatic N) is 2. The number of carbonyl (C=O) groups is 1. The summed E-state index contributed by atoms with van der Waals surface area (Å²) < 4.78 is 9.90. The van der Waals surface area contributed by atoms with Crippen LogP contribution < -0.4 is 21.5 Å². The van der Waals surface area contributed by atoms with Gasteiger partial charge in [0, 0.05) is 13.2 Å². The number of esters is 1. The second kappa shape index (κ2) is 6.86. The molecule has 128 valence electrons. The van der Waals surface area contributed by atoms with Gasteiger partial charge >= 0.3 is 5.97 Å². The van der Waals surface area contributed by atoms with E-state index in [9.17, 15) is 9.59 Å². The Morgan fingerprint density at radius 2 is 2.04 bits per heavy atom. The van der Waals surface area contributed by atoms with Crippen molar-refractivity contribution in [3.05, 3.63) is 10.4 Å². The van der Waals surface area contributed by atoms with Crippen molar-refractivity contribution in [2.45, 2.75) is 27.2 Å². The Morgan fingerprint density at radius 1 is 1.43 bits per heavy atom. The first-order chi connectivity index (χ1) is 10.8. The van der Waals surface area contributed by atoms with E-state index in [2.05, 4.69) is 15.3 Å². The predicted octanol–water partition coefficient (Wildman–Crippen LogP) is 0.495. The number of fused-ring (bicyclic) bond motifs is 1. The average molecular weight is 325 g/mol. The quantitative estimate of drug-likeness (QED) is 0.672. The highest BCUT2D eigenvalue weighted by atomic mass is 16.5. The third-order valence-electron chi connectivity index (χ3n) is 3.21. The molecule has 0 unspecified atom stereocenters. The molecule has 9 heteroatoms. The molecule has 2 aliphatic rings. The van der Waals surface area contributed by atoms with Gasteiger partial charge in [-0.2, -0.15) is 4.98 Å². The molecule has 0 radical (unpaired) electrons. The Bertz CT molecular complexity index is 615. The first kappa shape index (κ1) is 17.1. The SMILES string of the molecule is C1COC1.CC(C)(C)C(=O)OCN1CNc2c1nc(N)[nH]c2=O. The van der Waals surface area contributed by atoms with E-state index >= 15 is 0 Å². The summed E-state index contributed by atoms with van der Waals surface area (Å²) in [5.41, 5.74) is 4.91. The van der Waals surface area contributed by atoms with E-state index in [4.69, 9.17) is 15.2 Å². The summed E-state index contributed by atoms with van der Waals surface area (Å²) in [5, 5.41) is 2.88. The van der Waals surface area contributed by atoms with Crippen LogP contribution in [0.5, 0.6) is 0 Å². The van der Waals surface area contributed by atoms with Gasteiger partial charge in [0.1, 0.15) is 5.69 Å². The van der Waals surface area contributed by atoms with Crippen LogP contribution in [-0.2, 0) is 14.3 Å². The van der Waals surface area contributed by atoms with Crippen LogP contribution in [-0.4, -0.2) is 42.6 Å². The summed E-state index contributed by atoms with van der Waals surface area (Å²) in [6, 6.07) is 0. The van der Waals surface area contributed by atoms with Crippen LogP contribution in [0.15, 0.2) is 4.79 Å². The van der Waals surface area contributed by atoms with E-state index in [1.165, 1.54) is 6.42 Å². The average Bonchev–Trinajstić information content (AvgIpc) is 2.76. The van der Waals surface area contributed by atoms with E-state index in [1.54, 1.807) is 25.7 Å². The minimum Gasteiger partial charge on any atom is -0.444 e. The molecule has 0 spiro atoms. The Morgan fingerprint density at radius 3 is 2.57 bits per heavy atom. The van der Waals surface area contributed by atoms with Gasteiger partial charge in [0.05, 0.1) is 12.1 Å². The zero-order valence-corrected chi connectivity index (χ0v) is 13.6. The van der Waals surface area contributed by atoms with Gasteiger partial charge in [-0.05, 0) is 27.2 Å². The van der Waals surface area contributed by atoms with Crippen LogP contribution in [0.2, 0.25) is 0 Å². The third-order valence-corrected chi connectivity index (χ3v) is 3.21. The van der Waals surface area contributed by atoms with Crippen molar-refractivity contribution >= 4 is 23.4 Å². The number of nitrogens with one attached hydrogen (secondary N) is 2. The molecule has 0 aliphatic carbocycles. The summed E-state index contributed by atoms with van der Waals surface area (Å²) in [6.07, 6.45) is 1.28. The zero-order valence-electron chi connectivity index (χ0n) is 13.6. The number of aromatic amines is 1. The monoisotopic (exact) mass is 325 g/mol. The van der Waals surface area contributed by atoms with Crippen LogP contribution in [0.25, 0.3) is 0 Å². The molecular formula is C14H23N5O4. The predicted molar refractivity (Wildman–Crippen MR) is 86.1 cm³/mol. The summed E-state index contributed by atoms with van der Waals surface area (Å²) in [6.45, 7) is 7.67. The molecule has 4 N–H and O–H groups in total. The summed E-state index contributed by atoms with van der Waals surface area (Å²) >= 11 is 0. The number of hydrogen-bond donors (Lipinski definition) is 3. The number of H-pyrrole nitrogens is 1. The standard InChI is InChI=1S/C11H17N5O3.C3H6O/c1-11(2,3)9(18)19-5-16-4-13-6-7(16)14-10(12)15-8(6)17;1-2-4-3-1/h13H,4-5H2,1-3H3,(H3,12,14,15,17);1-3H2. The van der Waals surface area contributed by atoms with Gasteiger partial charge in [0.25, 0.3) is 5.56 Å². The van der Waals surface area contributed by atoms with Crippen molar-refractivity contribution in [3.63, 3.8) is 0 Å². The number of ether oxygens (including phenoxy) is 2. The molecule has 1 aromatic heterocycles. The van der Waals surface area contributed by atoms with Gasteiger partial charge < -0.3 is 25.4 Å². The number of hydrogen-bond acceptors (Lipinski definition) is 8. The lowest BCUT2D eigenvalue weighted by Gasteiger charge is -2.21. The van der Waals surface area contributed by atoms with E-state index < -0.39 is 5.41 Å². The fourth-order valence-electron chi connectivity index (χ4n) is 1.72. The Balaban J connectivity index is 0.000000417. The Kier molecular flexibility index (Phi) is 5.09. The van der Waals surface area contributed by atoms with E-state index in [-0.39, 0.29) is 24.2 Å². The largest absolute Gasteiger partial charge is 0.444 e. The van der Waals surface area contributed by atoms with Crippen LogP contribution in [0.1, 0.15) is 27.2 Å². The molecule has 1 aromatic rings. The second-order valence-corrected chi connectivity index (χ2v) is 6.30. The molecular weight excluding hydrogens is 302 g/mol. The first-order valence-corrected chi connectivity index (χ1v) is 7.42. The topological polar surface area (TPSA) is 123 Å². The molecule has 9 nitrogen and oxygen atoms in total. The van der Waals surface area contributed by atoms with Crippen molar-refractivity contribution in [2.75, 3.05) is 42.6 Å². The molecule has 3 heterocycles. The fourth-order valence-corrected chi connectivity index (χ4v) is 1.72. The maximum atomic E-state index is 11.7. The van der Waals surface area contributed by atoms with E-state index in [1.807, 2.05) is 0 Å². The van der Waals surface area contributed by atoms with Crippen molar-refractivity contribution in [1.82, 2.24) is 9.97 Å². The number of anilines is 3. The smallest absolute Gasteiger partial charge is 0.312 e. The molecule has 1 fully saturated rings. The van der Waals surface area contributed by atoms with Gasteiger partial charge in [-0.1, -0.05) is 0 Å². The molecule has 1 saturated heterocycles. The number of carbonyl (C=O) groups excluding carboxylic acids is 1. The number of nitrogen functional groups attached to an aromatic ring is 1. The summed E-state index contributed by atoms with van der Waals surface area (Å²) in [5.74, 6) is 0.0984. The van der Waals surface area contributed by atoms with Gasteiger partial charge in [-0.25, -0.2) is 0 Å². The minimum atomic E-state index is -0.573. The minimum absolute atomic E-state index is 0.0198. The van der Waals surface area contributed by atoms with Gasteiger partial charge in [0.15, 0.2) is 12.5 Å². The maximum Gasteiger partial charge on any atom is 0.312 e. The van der Waals surface area contributed by atoms with E-state index in [0.29, 0.717) is 18.2 Å². The van der Waals surface area contributed by atoms with Crippen molar-refractivity contribution in [2.24, 2.45) is 5.41 Å². The van der Waals surface area contributed by atoms with Crippen molar-refractivity contribution in [1.29, 1.82) is 0 Å². The Labute approximate surface area is 134 Å². The van der Waals surface area contributed by atoms with Crippen LogP contribution in [0.3, 0.4) is 0 Å². The molecule has 23 heavy (non-hydrogen) atoms. The van der Waals surface area contributed by atoms with Crippen LogP contribution in [0.4, 0.5) is 17.5 Å². The molecule has 0 atom stereocenters. The lowest BCUT2D eigenvalue weighted by atomic mass is 9.98. The molecule has 0 saturated carbocycles. The third kappa shape index (κ3) is 4.35. The second-order valence-electron chi connectivity index (χ2n) is 6.30. The molecule has 2 aliphatic heterocycles. The summed E-state index contributed by atoms with van der Waals surface area (Å²) in [7, 11) is 0. The fraction of sp³-hybridized carbons (Fsp3) is 0.643. The van der Waals surface area contributed by atoms with Gasteiger partial charge in [-0.15, -0.1) is 0 Å². The number of nitrogens with two attached hydrogens (primary N) is 1. The number of aromatic nitrogens is 2. The number of rotatable bonds is 2. The maximum absolute atomic E-state index is 11.7. The van der Waals surface area contributed by atoms with Crippen molar-refractivity contribution < 1.29 is 14.3 Å². The molecule has 0 amide bonds. The highest BCUT2D eigenvalue weighted by Crippen LogP contribution is 2.25. The van der Waals surface area contributed by atoms with Crippen molar-refractivity contribution in [3.8, 4) is 0 Å². The van der Waals surface area contributed by atoms with Gasteiger partial charge in [-0.3, -0.25) is 14.6 Å². The highest BCUT2D eigenvalue weighted by Gasteiger charge is 2.27. The van der Waals surface area contributed by atoms with Gasteiger partial charge in [0.2, 0.25) is 5.95 Å². The first-order valence-electron chi connectivity index (χ1n) is 7.42. The highest BCUT2D eigenvalue weighted by molar-refractivity contribution is 5.76. The molecule has 0 bridgehead atoms. The molecule has 0 aromatic carbocycles. The van der Waals surface area contributed by atoms with E-state index in [0.717, 1.165) is 13.2 Å². The van der Waals surface area contributed by atoms with Crippen LogP contribution >= 0.6 is 0 Å². The lowest BCUT2D eigenvalue weighted by molar-refractivity contribution is -0.152.